The van der Waals surface area contributed by atoms with Crippen molar-refractivity contribution in [3.8, 4) is 0 Å². The van der Waals surface area contributed by atoms with Gasteiger partial charge in [0, 0.05) is 4.88 Å². The second-order valence-electron chi connectivity index (χ2n) is 2.65. The molecule has 0 N–H and O–H groups in total. The van der Waals surface area contributed by atoms with Gasteiger partial charge in [-0.1, -0.05) is 0 Å². The van der Waals surface area contributed by atoms with Gasteiger partial charge < -0.3 is 0 Å². The van der Waals surface area contributed by atoms with Crippen LogP contribution in [0.2, 0.25) is 5.28 Å². The third kappa shape index (κ3) is 1.19. The number of aromatic nitrogens is 2. The van der Waals surface area contributed by atoms with Crippen molar-refractivity contribution < 1.29 is 0 Å². The summed E-state index contributed by atoms with van der Waals surface area (Å²) in [7, 11) is 0. The fourth-order valence-corrected chi connectivity index (χ4v) is 2.27. The van der Waals surface area contributed by atoms with Crippen molar-refractivity contribution >= 4 is 33.2 Å². The van der Waals surface area contributed by atoms with Gasteiger partial charge in [-0.2, -0.15) is 0 Å². The summed E-state index contributed by atoms with van der Waals surface area (Å²) in [5, 5.41) is 0.331. The molecule has 2 aromatic heterocycles. The second kappa shape index (κ2) is 2.68. The zero-order valence-corrected chi connectivity index (χ0v) is 8.33. The first kappa shape index (κ1) is 7.95. The maximum absolute atomic E-state index is 5.72. The van der Waals surface area contributed by atoms with Crippen LogP contribution < -0.4 is 0 Å². The highest BCUT2D eigenvalue weighted by molar-refractivity contribution is 7.19. The van der Waals surface area contributed by atoms with Gasteiger partial charge in [-0.3, -0.25) is 0 Å². The number of hydrogen-bond acceptors (Lipinski definition) is 3. The number of halogens is 1. The molecule has 0 saturated carbocycles. The highest BCUT2D eigenvalue weighted by Gasteiger charge is 2.05. The number of aryl methyl sites for hydroxylation is 2. The minimum absolute atomic E-state index is 0.331. The average Bonchev–Trinajstić information content (AvgIpc) is 2.29. The smallest absolute Gasteiger partial charge is 0.222 e. The molecule has 0 aliphatic heterocycles. The van der Waals surface area contributed by atoms with Crippen molar-refractivity contribution in [3.05, 3.63) is 21.9 Å². The van der Waals surface area contributed by atoms with Crippen molar-refractivity contribution in [3.63, 3.8) is 0 Å². The van der Waals surface area contributed by atoms with Gasteiger partial charge in [0.25, 0.3) is 0 Å². The lowest BCUT2D eigenvalue weighted by Gasteiger charge is -1.93. The SMILES string of the molecule is Cc1cc2nc(Cl)nc(C)c2s1. The summed E-state index contributed by atoms with van der Waals surface area (Å²) in [4.78, 5) is 9.44. The average molecular weight is 199 g/mol. The van der Waals surface area contributed by atoms with Crippen molar-refractivity contribution in [1.29, 1.82) is 0 Å². The molecule has 0 fully saturated rings. The standard InChI is InChI=1S/C8H7ClN2S/c1-4-3-6-7(12-4)5(2)10-8(9)11-6/h3H,1-2H3. The number of rotatable bonds is 0. The molecule has 2 nitrogen and oxygen atoms in total. The molecular formula is C8H7ClN2S. The van der Waals surface area contributed by atoms with E-state index < -0.39 is 0 Å². The lowest BCUT2D eigenvalue weighted by Crippen LogP contribution is -1.85. The summed E-state index contributed by atoms with van der Waals surface area (Å²) < 4.78 is 1.14. The molecule has 0 saturated heterocycles. The topological polar surface area (TPSA) is 25.8 Å². The van der Waals surface area contributed by atoms with Crippen molar-refractivity contribution in [1.82, 2.24) is 9.97 Å². The molecule has 0 aliphatic carbocycles. The van der Waals surface area contributed by atoms with Gasteiger partial charge in [0.05, 0.1) is 15.9 Å². The minimum Gasteiger partial charge on any atom is -0.222 e. The third-order valence-corrected chi connectivity index (χ3v) is 2.95. The number of hydrogen-bond donors (Lipinski definition) is 0. The quantitative estimate of drug-likeness (QED) is 0.609. The Morgan fingerprint density at radius 1 is 1.33 bits per heavy atom. The van der Waals surface area contributed by atoms with Gasteiger partial charge in [-0.25, -0.2) is 9.97 Å². The van der Waals surface area contributed by atoms with Crippen LogP contribution in [0.1, 0.15) is 10.6 Å². The zero-order chi connectivity index (χ0) is 8.72. The van der Waals surface area contributed by atoms with Gasteiger partial charge in [0.1, 0.15) is 0 Å². The summed E-state index contributed by atoms with van der Waals surface area (Å²) in [6, 6.07) is 2.03. The van der Waals surface area contributed by atoms with E-state index in [1.165, 1.54) is 4.88 Å². The highest BCUT2D eigenvalue weighted by Crippen LogP contribution is 2.26. The van der Waals surface area contributed by atoms with E-state index in [2.05, 4.69) is 16.9 Å². The Morgan fingerprint density at radius 2 is 2.08 bits per heavy atom. The maximum Gasteiger partial charge on any atom is 0.223 e. The Hall–Kier alpha value is -0.670. The number of thiophene rings is 1. The minimum atomic E-state index is 0.331. The van der Waals surface area contributed by atoms with Gasteiger partial charge in [0.15, 0.2) is 0 Å². The van der Waals surface area contributed by atoms with E-state index in [1.807, 2.05) is 13.0 Å². The van der Waals surface area contributed by atoms with Crippen molar-refractivity contribution in [2.75, 3.05) is 0 Å². The molecule has 0 amide bonds. The molecule has 0 atom stereocenters. The predicted octanol–water partition coefficient (Wildman–Crippen LogP) is 2.96. The predicted molar refractivity (Wildman–Crippen MR) is 51.9 cm³/mol. The van der Waals surface area contributed by atoms with Crippen LogP contribution in [0.3, 0.4) is 0 Å². The summed E-state index contributed by atoms with van der Waals surface area (Å²) >= 11 is 7.42. The van der Waals surface area contributed by atoms with Crippen LogP contribution >= 0.6 is 22.9 Å². The molecule has 4 heteroatoms. The molecule has 12 heavy (non-hydrogen) atoms. The highest BCUT2D eigenvalue weighted by atomic mass is 35.5. The summed E-state index contributed by atoms with van der Waals surface area (Å²) in [5.74, 6) is 0. The first-order valence-corrected chi connectivity index (χ1v) is 4.76. The molecule has 2 aromatic rings. The number of nitrogens with zero attached hydrogens (tertiary/aromatic N) is 2. The van der Waals surface area contributed by atoms with Crippen molar-refractivity contribution in [2.45, 2.75) is 13.8 Å². The summed E-state index contributed by atoms with van der Waals surface area (Å²) in [5.41, 5.74) is 1.91. The van der Waals surface area contributed by atoms with Gasteiger partial charge >= 0.3 is 0 Å². The molecule has 2 rings (SSSR count). The van der Waals surface area contributed by atoms with Crippen LogP contribution in [-0.2, 0) is 0 Å². The van der Waals surface area contributed by atoms with Crippen LogP contribution in [0.5, 0.6) is 0 Å². The van der Waals surface area contributed by atoms with E-state index in [4.69, 9.17) is 11.6 Å². The van der Waals surface area contributed by atoms with E-state index in [0.717, 1.165) is 15.9 Å². The number of fused-ring (bicyclic) bond motifs is 1. The lowest BCUT2D eigenvalue weighted by molar-refractivity contribution is 1.16. The first-order valence-electron chi connectivity index (χ1n) is 3.57. The van der Waals surface area contributed by atoms with Crippen LogP contribution in [0.4, 0.5) is 0 Å². The molecule has 2 heterocycles. The molecule has 0 aromatic carbocycles. The normalized spacial score (nSPS) is 10.9. The van der Waals surface area contributed by atoms with E-state index in [0.29, 0.717) is 5.28 Å². The van der Waals surface area contributed by atoms with Gasteiger partial charge in [0.2, 0.25) is 5.28 Å². The largest absolute Gasteiger partial charge is 0.223 e. The Kier molecular flexibility index (Phi) is 1.77. The lowest BCUT2D eigenvalue weighted by atomic mass is 10.3. The van der Waals surface area contributed by atoms with E-state index in [1.54, 1.807) is 11.3 Å². The monoisotopic (exact) mass is 198 g/mol. The molecule has 0 unspecified atom stereocenters. The maximum atomic E-state index is 5.72. The van der Waals surface area contributed by atoms with E-state index >= 15 is 0 Å². The van der Waals surface area contributed by atoms with Crippen LogP contribution in [0.15, 0.2) is 6.07 Å². The summed E-state index contributed by atoms with van der Waals surface area (Å²) in [6.45, 7) is 4.01. The van der Waals surface area contributed by atoms with Gasteiger partial charge in [-0.05, 0) is 31.5 Å². The summed E-state index contributed by atoms with van der Waals surface area (Å²) in [6.07, 6.45) is 0. The molecular weight excluding hydrogens is 192 g/mol. The van der Waals surface area contributed by atoms with E-state index in [9.17, 15) is 0 Å². The van der Waals surface area contributed by atoms with Crippen molar-refractivity contribution in [2.24, 2.45) is 0 Å². The molecule has 0 bridgehead atoms. The zero-order valence-electron chi connectivity index (χ0n) is 6.76. The molecule has 0 aliphatic rings. The Labute approximate surface area is 79.2 Å². The van der Waals surface area contributed by atoms with Gasteiger partial charge in [-0.15, -0.1) is 11.3 Å². The fourth-order valence-electron chi connectivity index (χ4n) is 1.16. The molecule has 62 valence electrons. The van der Waals surface area contributed by atoms with Crippen LogP contribution in [-0.4, -0.2) is 9.97 Å². The Balaban J connectivity index is 2.88. The van der Waals surface area contributed by atoms with Crippen LogP contribution in [0, 0.1) is 13.8 Å². The fraction of sp³-hybridized carbons (Fsp3) is 0.250. The first-order chi connectivity index (χ1) is 5.66. The van der Waals surface area contributed by atoms with E-state index in [-0.39, 0.29) is 0 Å². The molecule has 0 spiro atoms. The second-order valence-corrected chi connectivity index (χ2v) is 4.24. The molecule has 0 radical (unpaired) electrons. The van der Waals surface area contributed by atoms with Crippen LogP contribution in [0.25, 0.3) is 10.2 Å². The Morgan fingerprint density at radius 3 is 2.83 bits per heavy atom. The Bertz CT molecular complexity index is 436. The third-order valence-electron chi connectivity index (χ3n) is 1.64.